The van der Waals surface area contributed by atoms with Gasteiger partial charge in [-0.05, 0) is 46.7 Å². The molecule has 162 valence electrons. The summed E-state index contributed by atoms with van der Waals surface area (Å²) < 4.78 is 0. The van der Waals surface area contributed by atoms with Gasteiger partial charge in [-0.3, -0.25) is 14.6 Å². The SMILES string of the molecule is O=C(NC(Cc1c[nH]c2ccccc12)C(=O)Nc1ccncc1)c1ccc2ccccc2c1. The number of aromatic nitrogens is 2. The molecule has 0 aliphatic rings. The van der Waals surface area contributed by atoms with Crippen molar-refractivity contribution in [2.24, 2.45) is 0 Å². The standard InChI is InChI=1S/C27H22N4O2/c32-26(20-10-9-18-5-1-2-6-19(18)15-20)31-25(27(33)30-22-11-13-28-14-12-22)16-21-17-29-24-8-4-3-7-23(21)24/h1-15,17,25,29H,16H2,(H,31,32)(H,28,30,33). The number of nitrogens with zero attached hydrogens (tertiary/aromatic N) is 1. The monoisotopic (exact) mass is 434 g/mol. The number of aromatic amines is 1. The molecule has 2 heterocycles. The first-order chi connectivity index (χ1) is 16.2. The quantitative estimate of drug-likeness (QED) is 0.362. The Morgan fingerprint density at radius 3 is 2.48 bits per heavy atom. The Bertz CT molecular complexity index is 1440. The van der Waals surface area contributed by atoms with Crippen LogP contribution in [0, 0.1) is 0 Å². The van der Waals surface area contributed by atoms with E-state index in [9.17, 15) is 9.59 Å². The minimum atomic E-state index is -0.767. The Morgan fingerprint density at radius 2 is 1.64 bits per heavy atom. The van der Waals surface area contributed by atoms with Crippen molar-refractivity contribution in [2.45, 2.75) is 12.5 Å². The van der Waals surface area contributed by atoms with E-state index in [1.807, 2.05) is 66.9 Å². The zero-order valence-corrected chi connectivity index (χ0v) is 17.8. The molecular formula is C27H22N4O2. The normalized spacial score (nSPS) is 11.9. The summed E-state index contributed by atoms with van der Waals surface area (Å²) in [6.07, 6.45) is 5.45. The summed E-state index contributed by atoms with van der Waals surface area (Å²) in [6, 6.07) is 24.0. The average molecular weight is 434 g/mol. The van der Waals surface area contributed by atoms with Gasteiger partial charge in [0, 0.05) is 47.2 Å². The van der Waals surface area contributed by atoms with Gasteiger partial charge in [0.15, 0.2) is 0 Å². The maximum atomic E-state index is 13.2. The highest BCUT2D eigenvalue weighted by Crippen LogP contribution is 2.20. The number of hydrogen-bond acceptors (Lipinski definition) is 3. The molecule has 2 aromatic heterocycles. The molecule has 0 fully saturated rings. The van der Waals surface area contributed by atoms with E-state index < -0.39 is 6.04 Å². The third kappa shape index (κ3) is 4.45. The molecule has 3 aromatic carbocycles. The first kappa shape index (κ1) is 20.5. The van der Waals surface area contributed by atoms with E-state index in [-0.39, 0.29) is 11.8 Å². The van der Waals surface area contributed by atoms with Crippen LogP contribution in [0.2, 0.25) is 0 Å². The van der Waals surface area contributed by atoms with Gasteiger partial charge in [0.05, 0.1) is 0 Å². The summed E-state index contributed by atoms with van der Waals surface area (Å²) >= 11 is 0. The number of carbonyl (C=O) groups excluding carboxylic acids is 2. The van der Waals surface area contributed by atoms with E-state index in [1.54, 1.807) is 30.6 Å². The van der Waals surface area contributed by atoms with E-state index in [0.717, 1.165) is 27.2 Å². The van der Waals surface area contributed by atoms with Crippen LogP contribution in [-0.2, 0) is 11.2 Å². The van der Waals surface area contributed by atoms with Crippen molar-refractivity contribution in [3.63, 3.8) is 0 Å². The lowest BCUT2D eigenvalue weighted by Gasteiger charge is -2.19. The summed E-state index contributed by atoms with van der Waals surface area (Å²) in [7, 11) is 0. The van der Waals surface area contributed by atoms with E-state index in [4.69, 9.17) is 0 Å². The second-order valence-corrected chi connectivity index (χ2v) is 7.88. The van der Waals surface area contributed by atoms with Crippen LogP contribution in [0.4, 0.5) is 5.69 Å². The van der Waals surface area contributed by atoms with Crippen LogP contribution in [0.3, 0.4) is 0 Å². The number of hydrogen-bond donors (Lipinski definition) is 3. The Labute approximate surface area is 190 Å². The predicted octanol–water partition coefficient (Wildman–Crippen LogP) is 4.70. The third-order valence-electron chi connectivity index (χ3n) is 5.68. The van der Waals surface area contributed by atoms with Crippen molar-refractivity contribution in [1.29, 1.82) is 0 Å². The molecule has 0 radical (unpaired) electrons. The van der Waals surface area contributed by atoms with Crippen molar-refractivity contribution in [3.05, 3.63) is 109 Å². The number of pyridine rings is 1. The second-order valence-electron chi connectivity index (χ2n) is 7.88. The van der Waals surface area contributed by atoms with Gasteiger partial charge in [-0.1, -0.05) is 48.5 Å². The number of carbonyl (C=O) groups is 2. The van der Waals surface area contributed by atoms with Crippen LogP contribution in [0.5, 0.6) is 0 Å². The van der Waals surface area contributed by atoms with Crippen LogP contribution in [0.25, 0.3) is 21.7 Å². The molecule has 0 aliphatic carbocycles. The van der Waals surface area contributed by atoms with Gasteiger partial charge in [-0.25, -0.2) is 0 Å². The van der Waals surface area contributed by atoms with Gasteiger partial charge in [-0.2, -0.15) is 0 Å². The molecule has 6 heteroatoms. The maximum Gasteiger partial charge on any atom is 0.251 e. The molecule has 5 aromatic rings. The van der Waals surface area contributed by atoms with E-state index in [2.05, 4.69) is 20.6 Å². The van der Waals surface area contributed by atoms with Gasteiger partial charge in [0.1, 0.15) is 6.04 Å². The Hall–Kier alpha value is -4.45. The largest absolute Gasteiger partial charge is 0.361 e. The van der Waals surface area contributed by atoms with Gasteiger partial charge in [0.2, 0.25) is 5.91 Å². The van der Waals surface area contributed by atoms with Crippen LogP contribution in [-0.4, -0.2) is 27.8 Å². The highest BCUT2D eigenvalue weighted by atomic mass is 16.2. The Balaban J connectivity index is 1.43. The molecule has 0 aliphatic heterocycles. The zero-order chi connectivity index (χ0) is 22.6. The molecule has 33 heavy (non-hydrogen) atoms. The highest BCUT2D eigenvalue weighted by Gasteiger charge is 2.23. The first-order valence-electron chi connectivity index (χ1n) is 10.7. The fraction of sp³-hybridized carbons (Fsp3) is 0.0741. The third-order valence-corrected chi connectivity index (χ3v) is 5.68. The van der Waals surface area contributed by atoms with Gasteiger partial charge in [0.25, 0.3) is 5.91 Å². The number of amides is 2. The Kier molecular flexibility index (Phi) is 5.55. The van der Waals surface area contributed by atoms with Crippen molar-refractivity contribution < 1.29 is 9.59 Å². The molecule has 2 amide bonds. The molecule has 1 unspecified atom stereocenters. The molecule has 0 saturated heterocycles. The minimum absolute atomic E-state index is 0.291. The smallest absolute Gasteiger partial charge is 0.251 e. The van der Waals surface area contributed by atoms with Crippen molar-refractivity contribution >= 4 is 39.2 Å². The predicted molar refractivity (Wildman–Crippen MR) is 130 cm³/mol. The van der Waals surface area contributed by atoms with E-state index in [0.29, 0.717) is 17.7 Å². The summed E-state index contributed by atoms with van der Waals surface area (Å²) in [4.78, 5) is 33.6. The van der Waals surface area contributed by atoms with Gasteiger partial charge in [-0.15, -0.1) is 0 Å². The summed E-state index contributed by atoms with van der Waals surface area (Å²) in [6.45, 7) is 0. The molecule has 1 atom stereocenters. The highest BCUT2D eigenvalue weighted by molar-refractivity contribution is 6.03. The number of para-hydroxylation sites is 1. The molecule has 0 saturated carbocycles. The second kappa shape index (κ2) is 8.96. The summed E-state index contributed by atoms with van der Waals surface area (Å²) in [5.41, 5.74) is 3.08. The van der Waals surface area contributed by atoms with Crippen LogP contribution in [0.15, 0.2) is 97.5 Å². The average Bonchev–Trinajstić information content (AvgIpc) is 3.26. The van der Waals surface area contributed by atoms with E-state index >= 15 is 0 Å². The molecular weight excluding hydrogens is 412 g/mol. The lowest BCUT2D eigenvalue weighted by Crippen LogP contribution is -2.45. The number of benzene rings is 3. The zero-order valence-electron chi connectivity index (χ0n) is 17.8. The molecule has 0 spiro atoms. The van der Waals surface area contributed by atoms with Gasteiger partial charge >= 0.3 is 0 Å². The summed E-state index contributed by atoms with van der Waals surface area (Å²) in [5, 5.41) is 8.88. The molecule has 3 N–H and O–H groups in total. The minimum Gasteiger partial charge on any atom is -0.361 e. The molecule has 0 bridgehead atoms. The fourth-order valence-corrected chi connectivity index (χ4v) is 3.97. The first-order valence-corrected chi connectivity index (χ1v) is 10.7. The van der Waals surface area contributed by atoms with Crippen molar-refractivity contribution in [2.75, 3.05) is 5.32 Å². The molecule has 5 rings (SSSR count). The van der Waals surface area contributed by atoms with Crippen molar-refractivity contribution in [3.8, 4) is 0 Å². The fourth-order valence-electron chi connectivity index (χ4n) is 3.97. The molecule has 6 nitrogen and oxygen atoms in total. The van der Waals surface area contributed by atoms with Crippen LogP contribution < -0.4 is 10.6 Å². The van der Waals surface area contributed by atoms with E-state index in [1.165, 1.54) is 0 Å². The number of anilines is 1. The summed E-state index contributed by atoms with van der Waals surface area (Å²) in [5.74, 6) is -0.587. The number of nitrogens with one attached hydrogen (secondary N) is 3. The number of rotatable bonds is 6. The van der Waals surface area contributed by atoms with Crippen LogP contribution >= 0.6 is 0 Å². The lowest BCUT2D eigenvalue weighted by molar-refractivity contribution is -0.118. The van der Waals surface area contributed by atoms with Crippen LogP contribution in [0.1, 0.15) is 15.9 Å². The number of H-pyrrole nitrogens is 1. The topological polar surface area (TPSA) is 86.9 Å². The lowest BCUT2D eigenvalue weighted by atomic mass is 10.0. The maximum absolute atomic E-state index is 13.2. The Morgan fingerprint density at radius 1 is 0.879 bits per heavy atom. The number of fused-ring (bicyclic) bond motifs is 2. The van der Waals surface area contributed by atoms with Gasteiger partial charge < -0.3 is 15.6 Å². The van der Waals surface area contributed by atoms with Crippen molar-refractivity contribution in [1.82, 2.24) is 15.3 Å².